The molecular formula is C14H16FNO3S2. The summed E-state index contributed by atoms with van der Waals surface area (Å²) in [5.41, 5.74) is 0.175. The van der Waals surface area contributed by atoms with E-state index in [0.717, 1.165) is 10.9 Å². The van der Waals surface area contributed by atoms with Gasteiger partial charge in [0.25, 0.3) is 0 Å². The van der Waals surface area contributed by atoms with E-state index in [-0.39, 0.29) is 22.6 Å². The van der Waals surface area contributed by atoms with Crippen LogP contribution in [0.3, 0.4) is 0 Å². The first-order chi connectivity index (χ1) is 9.94. The van der Waals surface area contributed by atoms with E-state index in [1.165, 1.54) is 13.0 Å². The number of aliphatic hydroxyl groups is 1. The van der Waals surface area contributed by atoms with Crippen LogP contribution in [0.1, 0.15) is 16.0 Å². The topological polar surface area (TPSA) is 66.4 Å². The molecule has 7 heteroatoms. The zero-order valence-corrected chi connectivity index (χ0v) is 13.1. The molecule has 0 aliphatic carbocycles. The van der Waals surface area contributed by atoms with Crippen molar-refractivity contribution in [2.75, 3.05) is 6.54 Å². The SMILES string of the molecule is Cc1cc(S(=O)(=O)NCCc2cccs2)cc(CO)c1F. The fraction of sp³-hybridized carbons (Fsp3) is 0.286. The van der Waals surface area contributed by atoms with Crippen molar-refractivity contribution in [2.24, 2.45) is 0 Å². The number of halogens is 1. The van der Waals surface area contributed by atoms with Crippen molar-refractivity contribution in [1.82, 2.24) is 4.72 Å². The van der Waals surface area contributed by atoms with Crippen LogP contribution in [0.15, 0.2) is 34.5 Å². The zero-order chi connectivity index (χ0) is 15.5. The third-order valence-corrected chi connectivity index (χ3v) is 5.40. The summed E-state index contributed by atoms with van der Waals surface area (Å²) in [6, 6.07) is 6.27. The minimum Gasteiger partial charge on any atom is -0.392 e. The quantitative estimate of drug-likeness (QED) is 0.854. The molecule has 1 aromatic carbocycles. The van der Waals surface area contributed by atoms with Crippen LogP contribution in [-0.4, -0.2) is 20.1 Å². The minimum atomic E-state index is -3.71. The molecule has 114 valence electrons. The Hall–Kier alpha value is -1.28. The molecule has 2 rings (SSSR count). The predicted octanol–water partition coefficient (Wildman–Crippen LogP) is 2.21. The summed E-state index contributed by atoms with van der Waals surface area (Å²) in [5.74, 6) is -0.574. The Morgan fingerprint density at radius 2 is 2.14 bits per heavy atom. The number of nitrogens with one attached hydrogen (secondary N) is 1. The van der Waals surface area contributed by atoms with Gasteiger partial charge in [0.05, 0.1) is 11.5 Å². The molecule has 0 amide bonds. The lowest BCUT2D eigenvalue weighted by molar-refractivity contribution is 0.275. The largest absolute Gasteiger partial charge is 0.392 e. The van der Waals surface area contributed by atoms with E-state index < -0.39 is 22.4 Å². The normalized spacial score (nSPS) is 11.8. The van der Waals surface area contributed by atoms with Crippen LogP contribution in [0.4, 0.5) is 4.39 Å². The van der Waals surface area contributed by atoms with Crippen LogP contribution in [-0.2, 0) is 23.1 Å². The van der Waals surface area contributed by atoms with Crippen molar-refractivity contribution in [3.8, 4) is 0 Å². The maximum atomic E-state index is 13.6. The number of aliphatic hydroxyl groups excluding tert-OH is 1. The van der Waals surface area contributed by atoms with Crippen molar-refractivity contribution >= 4 is 21.4 Å². The van der Waals surface area contributed by atoms with Crippen LogP contribution in [0, 0.1) is 12.7 Å². The maximum absolute atomic E-state index is 13.6. The summed E-state index contributed by atoms with van der Waals surface area (Å²) in [4.78, 5) is 1.06. The highest BCUT2D eigenvalue weighted by Gasteiger charge is 2.17. The summed E-state index contributed by atoms with van der Waals surface area (Å²) in [7, 11) is -3.71. The Bertz CT molecular complexity index is 712. The number of sulfonamides is 1. The third-order valence-electron chi connectivity index (χ3n) is 3.03. The van der Waals surface area contributed by atoms with Crippen LogP contribution in [0.2, 0.25) is 0 Å². The first kappa shape index (κ1) is 16.1. The van der Waals surface area contributed by atoms with Gasteiger partial charge in [0.15, 0.2) is 0 Å². The van der Waals surface area contributed by atoms with Crippen LogP contribution in [0.5, 0.6) is 0 Å². The number of hydrogen-bond donors (Lipinski definition) is 2. The molecule has 2 N–H and O–H groups in total. The standard InChI is InChI=1S/C14H16FNO3S2/c1-10-7-13(8-11(9-17)14(10)15)21(18,19)16-5-4-12-3-2-6-20-12/h2-3,6-8,16-17H,4-5,9H2,1H3. The van der Waals surface area contributed by atoms with Crippen LogP contribution < -0.4 is 4.72 Å². The van der Waals surface area contributed by atoms with E-state index in [1.54, 1.807) is 11.3 Å². The lowest BCUT2D eigenvalue weighted by Crippen LogP contribution is -2.26. The summed E-state index contributed by atoms with van der Waals surface area (Å²) >= 11 is 1.56. The Balaban J connectivity index is 2.13. The van der Waals surface area contributed by atoms with Gasteiger partial charge in [0.1, 0.15) is 5.82 Å². The monoisotopic (exact) mass is 329 g/mol. The second-order valence-electron chi connectivity index (χ2n) is 4.60. The number of thiophene rings is 1. The summed E-state index contributed by atoms with van der Waals surface area (Å²) in [6.45, 7) is 1.21. The number of benzene rings is 1. The fourth-order valence-corrected chi connectivity index (χ4v) is 3.80. The fourth-order valence-electron chi connectivity index (χ4n) is 1.92. The molecule has 0 radical (unpaired) electrons. The number of hydrogen-bond acceptors (Lipinski definition) is 4. The van der Waals surface area contributed by atoms with E-state index in [9.17, 15) is 12.8 Å². The second kappa shape index (κ2) is 6.65. The van der Waals surface area contributed by atoms with Crippen LogP contribution in [0.25, 0.3) is 0 Å². The summed E-state index contributed by atoms with van der Waals surface area (Å²) in [5, 5.41) is 11.0. The van der Waals surface area contributed by atoms with E-state index in [1.807, 2.05) is 17.5 Å². The molecule has 0 spiro atoms. The predicted molar refractivity (Wildman–Crippen MR) is 80.3 cm³/mol. The molecule has 0 aliphatic rings. The molecule has 4 nitrogen and oxygen atoms in total. The number of aryl methyl sites for hydroxylation is 1. The molecule has 1 aromatic heterocycles. The van der Waals surface area contributed by atoms with Gasteiger partial charge in [0, 0.05) is 17.0 Å². The van der Waals surface area contributed by atoms with Gasteiger partial charge in [-0.1, -0.05) is 6.07 Å². The Morgan fingerprint density at radius 1 is 1.38 bits per heavy atom. The Labute approximate surface area is 127 Å². The van der Waals surface area contributed by atoms with Crippen molar-refractivity contribution in [2.45, 2.75) is 24.8 Å². The van der Waals surface area contributed by atoms with Crippen LogP contribution >= 0.6 is 11.3 Å². The van der Waals surface area contributed by atoms with Gasteiger partial charge in [-0.2, -0.15) is 0 Å². The van der Waals surface area contributed by atoms with Gasteiger partial charge in [-0.3, -0.25) is 0 Å². The number of rotatable bonds is 6. The van der Waals surface area contributed by atoms with Crippen molar-refractivity contribution in [1.29, 1.82) is 0 Å². The zero-order valence-electron chi connectivity index (χ0n) is 11.5. The summed E-state index contributed by atoms with van der Waals surface area (Å²) < 4.78 is 40.5. The molecule has 2 aromatic rings. The molecule has 0 aliphatic heterocycles. The van der Waals surface area contributed by atoms with E-state index >= 15 is 0 Å². The van der Waals surface area contributed by atoms with Gasteiger partial charge in [-0.25, -0.2) is 17.5 Å². The maximum Gasteiger partial charge on any atom is 0.240 e. The van der Waals surface area contributed by atoms with Gasteiger partial charge in [-0.15, -0.1) is 11.3 Å². The highest BCUT2D eigenvalue weighted by atomic mass is 32.2. The molecule has 0 saturated carbocycles. The third kappa shape index (κ3) is 3.88. The average Bonchev–Trinajstić information content (AvgIpc) is 2.94. The molecule has 0 bridgehead atoms. The van der Waals surface area contributed by atoms with Crippen molar-refractivity contribution in [3.63, 3.8) is 0 Å². The highest BCUT2D eigenvalue weighted by Crippen LogP contribution is 2.19. The van der Waals surface area contributed by atoms with Crippen molar-refractivity contribution in [3.05, 3.63) is 51.5 Å². The van der Waals surface area contributed by atoms with Gasteiger partial charge in [0.2, 0.25) is 10.0 Å². The molecule has 21 heavy (non-hydrogen) atoms. The van der Waals surface area contributed by atoms with Gasteiger partial charge in [-0.05, 0) is 42.5 Å². The molecule has 0 fully saturated rings. The lowest BCUT2D eigenvalue weighted by atomic mass is 10.1. The summed E-state index contributed by atoms with van der Waals surface area (Å²) in [6.07, 6.45) is 0.601. The Morgan fingerprint density at radius 3 is 2.76 bits per heavy atom. The molecule has 1 heterocycles. The molecule has 0 unspecified atom stereocenters. The molecule has 0 atom stereocenters. The van der Waals surface area contributed by atoms with Gasteiger partial charge < -0.3 is 5.11 Å². The first-order valence-corrected chi connectivity index (χ1v) is 8.72. The van der Waals surface area contributed by atoms with E-state index in [0.29, 0.717) is 6.42 Å². The van der Waals surface area contributed by atoms with E-state index in [2.05, 4.69) is 4.72 Å². The average molecular weight is 329 g/mol. The molecular weight excluding hydrogens is 313 g/mol. The van der Waals surface area contributed by atoms with Gasteiger partial charge >= 0.3 is 0 Å². The van der Waals surface area contributed by atoms with Crippen molar-refractivity contribution < 1.29 is 17.9 Å². The highest BCUT2D eigenvalue weighted by molar-refractivity contribution is 7.89. The first-order valence-electron chi connectivity index (χ1n) is 6.36. The minimum absolute atomic E-state index is 0.0198. The smallest absolute Gasteiger partial charge is 0.240 e. The second-order valence-corrected chi connectivity index (χ2v) is 7.40. The Kier molecular flexibility index (Phi) is 5.10. The molecule has 0 saturated heterocycles. The van der Waals surface area contributed by atoms with E-state index in [4.69, 9.17) is 5.11 Å². The lowest BCUT2D eigenvalue weighted by Gasteiger charge is -2.10.